The fraction of sp³-hybridized carbons (Fsp3) is 0.0588. The summed E-state index contributed by atoms with van der Waals surface area (Å²) >= 11 is 19.0. The molecule has 24 heavy (non-hydrogen) atoms. The number of hydrogen-bond acceptors (Lipinski definition) is 3. The summed E-state index contributed by atoms with van der Waals surface area (Å²) in [5.41, 5.74) is 1.30. The fourth-order valence-electron chi connectivity index (χ4n) is 2.23. The van der Waals surface area contributed by atoms with Gasteiger partial charge in [0.2, 0.25) is 0 Å². The van der Waals surface area contributed by atoms with Crippen molar-refractivity contribution in [3.05, 3.63) is 73.6 Å². The van der Waals surface area contributed by atoms with Crippen molar-refractivity contribution in [2.75, 3.05) is 0 Å². The summed E-state index contributed by atoms with van der Waals surface area (Å²) < 4.78 is 0. The van der Waals surface area contributed by atoms with E-state index in [2.05, 4.69) is 0 Å². The van der Waals surface area contributed by atoms with Crippen LogP contribution in [0.3, 0.4) is 0 Å². The zero-order valence-corrected chi connectivity index (χ0v) is 15.2. The summed E-state index contributed by atoms with van der Waals surface area (Å²) in [6, 6.07) is 12.1. The predicted molar refractivity (Wildman–Crippen MR) is 99.4 cm³/mol. The van der Waals surface area contributed by atoms with Gasteiger partial charge in [0.25, 0.3) is 11.1 Å². The van der Waals surface area contributed by atoms with E-state index in [1.807, 2.05) is 6.07 Å². The van der Waals surface area contributed by atoms with Crippen molar-refractivity contribution in [3.63, 3.8) is 0 Å². The first-order valence-electron chi connectivity index (χ1n) is 6.89. The van der Waals surface area contributed by atoms with Gasteiger partial charge in [-0.15, -0.1) is 0 Å². The van der Waals surface area contributed by atoms with Crippen LogP contribution in [0.15, 0.2) is 47.4 Å². The molecule has 0 radical (unpaired) electrons. The molecule has 0 unspecified atom stereocenters. The van der Waals surface area contributed by atoms with Gasteiger partial charge in [0, 0.05) is 20.6 Å². The SMILES string of the molecule is O=C1S/C(=C\c2c(Cl)cccc2Cl)C(=O)N1Cc1cccc(Cl)c1. The molecule has 2 amide bonds. The van der Waals surface area contributed by atoms with E-state index in [4.69, 9.17) is 34.8 Å². The van der Waals surface area contributed by atoms with Crippen LogP contribution >= 0.6 is 46.6 Å². The molecule has 1 heterocycles. The standard InChI is InChI=1S/C17H10Cl3NO2S/c18-11-4-1-3-10(7-11)9-21-16(22)15(24-17(21)23)8-12-13(19)5-2-6-14(12)20/h1-8H,9H2/b15-8-. The van der Waals surface area contributed by atoms with Gasteiger partial charge < -0.3 is 0 Å². The van der Waals surface area contributed by atoms with E-state index in [-0.39, 0.29) is 22.6 Å². The van der Waals surface area contributed by atoms with Crippen molar-refractivity contribution in [2.24, 2.45) is 0 Å². The molecule has 0 bridgehead atoms. The number of halogens is 3. The van der Waals surface area contributed by atoms with E-state index in [9.17, 15) is 9.59 Å². The van der Waals surface area contributed by atoms with Crippen LogP contribution in [0.1, 0.15) is 11.1 Å². The number of nitrogens with zero attached hydrogens (tertiary/aromatic N) is 1. The van der Waals surface area contributed by atoms with Crippen LogP contribution < -0.4 is 0 Å². The molecule has 122 valence electrons. The number of carbonyl (C=O) groups excluding carboxylic acids is 2. The highest BCUT2D eigenvalue weighted by atomic mass is 35.5. The van der Waals surface area contributed by atoms with Crippen LogP contribution in [0.4, 0.5) is 4.79 Å². The van der Waals surface area contributed by atoms with Gasteiger partial charge in [0.05, 0.1) is 11.4 Å². The van der Waals surface area contributed by atoms with Gasteiger partial charge in [-0.1, -0.05) is 53.0 Å². The maximum Gasteiger partial charge on any atom is 0.293 e. The van der Waals surface area contributed by atoms with Crippen molar-refractivity contribution in [2.45, 2.75) is 6.54 Å². The minimum Gasteiger partial charge on any atom is -0.268 e. The third-order valence-corrected chi connectivity index (χ3v) is 5.18. The van der Waals surface area contributed by atoms with Gasteiger partial charge in [0.15, 0.2) is 0 Å². The molecule has 2 aromatic carbocycles. The Morgan fingerprint density at radius 1 is 1.00 bits per heavy atom. The molecule has 7 heteroatoms. The third-order valence-electron chi connectivity index (χ3n) is 3.38. The van der Waals surface area contributed by atoms with Crippen LogP contribution in [0.2, 0.25) is 15.1 Å². The Morgan fingerprint density at radius 3 is 2.33 bits per heavy atom. The molecule has 0 N–H and O–H groups in total. The maximum absolute atomic E-state index is 12.5. The molecule has 1 aliphatic heterocycles. The fourth-order valence-corrected chi connectivity index (χ4v) is 3.77. The molecule has 0 aliphatic carbocycles. The summed E-state index contributed by atoms with van der Waals surface area (Å²) in [4.78, 5) is 26.2. The first-order chi connectivity index (χ1) is 11.5. The Kier molecular flexibility index (Phi) is 5.21. The zero-order valence-electron chi connectivity index (χ0n) is 12.1. The molecule has 0 aromatic heterocycles. The average Bonchev–Trinajstić information content (AvgIpc) is 2.79. The minimum absolute atomic E-state index is 0.165. The molecule has 0 saturated carbocycles. The number of carbonyl (C=O) groups is 2. The van der Waals surface area contributed by atoms with Gasteiger partial charge in [-0.05, 0) is 47.7 Å². The van der Waals surface area contributed by atoms with Crippen LogP contribution in [0.5, 0.6) is 0 Å². The van der Waals surface area contributed by atoms with Crippen LogP contribution in [0, 0.1) is 0 Å². The van der Waals surface area contributed by atoms with E-state index in [0.29, 0.717) is 20.6 Å². The molecule has 1 fully saturated rings. The summed E-state index contributed by atoms with van der Waals surface area (Å²) in [5, 5.41) is 1.06. The lowest BCUT2D eigenvalue weighted by molar-refractivity contribution is -0.123. The highest BCUT2D eigenvalue weighted by molar-refractivity contribution is 8.18. The van der Waals surface area contributed by atoms with Gasteiger partial charge in [-0.25, -0.2) is 0 Å². The Hall–Kier alpha value is -1.46. The summed E-state index contributed by atoms with van der Waals surface area (Å²) in [6.45, 7) is 0.165. The summed E-state index contributed by atoms with van der Waals surface area (Å²) in [5.74, 6) is -0.374. The van der Waals surface area contributed by atoms with Gasteiger partial charge in [-0.3, -0.25) is 14.5 Å². The van der Waals surface area contributed by atoms with Gasteiger partial charge in [0.1, 0.15) is 0 Å². The number of imide groups is 1. The van der Waals surface area contributed by atoms with Crippen molar-refractivity contribution in [1.29, 1.82) is 0 Å². The molecule has 0 atom stereocenters. The first kappa shape index (κ1) is 17.4. The van der Waals surface area contributed by atoms with E-state index in [1.54, 1.807) is 42.5 Å². The highest BCUT2D eigenvalue weighted by Crippen LogP contribution is 2.36. The second kappa shape index (κ2) is 7.19. The summed E-state index contributed by atoms with van der Waals surface area (Å²) in [7, 11) is 0. The Labute approximate surface area is 158 Å². The second-order valence-electron chi connectivity index (χ2n) is 5.03. The van der Waals surface area contributed by atoms with Crippen LogP contribution in [0.25, 0.3) is 6.08 Å². The Balaban J connectivity index is 1.88. The first-order valence-corrected chi connectivity index (χ1v) is 8.84. The molecule has 3 nitrogen and oxygen atoms in total. The topological polar surface area (TPSA) is 37.4 Å². The molecular formula is C17H10Cl3NO2S. The Morgan fingerprint density at radius 2 is 1.67 bits per heavy atom. The smallest absolute Gasteiger partial charge is 0.268 e. The summed E-state index contributed by atoms with van der Waals surface area (Å²) in [6.07, 6.45) is 1.55. The lowest BCUT2D eigenvalue weighted by Crippen LogP contribution is -2.27. The largest absolute Gasteiger partial charge is 0.293 e. The Bertz CT molecular complexity index is 846. The molecule has 1 aliphatic rings. The average molecular weight is 399 g/mol. The molecule has 3 rings (SSSR count). The normalized spacial score (nSPS) is 16.3. The molecule has 2 aromatic rings. The third kappa shape index (κ3) is 3.62. The van der Waals surface area contributed by atoms with Crippen molar-refractivity contribution in [3.8, 4) is 0 Å². The van der Waals surface area contributed by atoms with Crippen LogP contribution in [-0.4, -0.2) is 16.0 Å². The number of rotatable bonds is 3. The number of benzene rings is 2. The monoisotopic (exact) mass is 397 g/mol. The lowest BCUT2D eigenvalue weighted by Gasteiger charge is -2.12. The maximum atomic E-state index is 12.5. The molecular weight excluding hydrogens is 389 g/mol. The van der Waals surface area contributed by atoms with E-state index in [0.717, 1.165) is 17.3 Å². The van der Waals surface area contributed by atoms with Crippen molar-refractivity contribution in [1.82, 2.24) is 4.90 Å². The van der Waals surface area contributed by atoms with Crippen LogP contribution in [-0.2, 0) is 11.3 Å². The quantitative estimate of drug-likeness (QED) is 0.606. The van der Waals surface area contributed by atoms with Gasteiger partial charge in [-0.2, -0.15) is 0 Å². The predicted octanol–water partition coefficient (Wildman–Crippen LogP) is 5.88. The zero-order chi connectivity index (χ0) is 17.3. The minimum atomic E-state index is -0.374. The van der Waals surface area contributed by atoms with E-state index < -0.39 is 0 Å². The van der Waals surface area contributed by atoms with Crippen molar-refractivity contribution >= 4 is 63.8 Å². The lowest BCUT2D eigenvalue weighted by atomic mass is 10.2. The van der Waals surface area contributed by atoms with E-state index in [1.165, 1.54) is 4.90 Å². The van der Waals surface area contributed by atoms with Gasteiger partial charge >= 0.3 is 0 Å². The van der Waals surface area contributed by atoms with Crippen molar-refractivity contribution < 1.29 is 9.59 Å². The highest BCUT2D eigenvalue weighted by Gasteiger charge is 2.35. The molecule has 1 saturated heterocycles. The number of hydrogen-bond donors (Lipinski definition) is 0. The molecule has 0 spiro atoms. The number of amides is 2. The van der Waals surface area contributed by atoms with E-state index >= 15 is 0 Å². The second-order valence-corrected chi connectivity index (χ2v) is 7.28. The number of thioether (sulfide) groups is 1.